The van der Waals surface area contributed by atoms with E-state index in [1.165, 1.54) is 35.2 Å². The number of thioether (sulfide) groups is 1. The van der Waals surface area contributed by atoms with Crippen LogP contribution in [0.2, 0.25) is 0 Å². The molecule has 2 atom stereocenters. The number of aromatic nitrogens is 1. The van der Waals surface area contributed by atoms with E-state index in [1.807, 2.05) is 4.90 Å². The van der Waals surface area contributed by atoms with Gasteiger partial charge >= 0.3 is 0 Å². The normalized spacial score (nSPS) is 21.2. The second-order valence-corrected chi connectivity index (χ2v) is 8.50. The van der Waals surface area contributed by atoms with Gasteiger partial charge in [0.15, 0.2) is 4.34 Å². The van der Waals surface area contributed by atoms with Gasteiger partial charge < -0.3 is 4.90 Å². The number of benzene rings is 1. The van der Waals surface area contributed by atoms with Crippen molar-refractivity contribution in [2.75, 3.05) is 12.3 Å². The van der Waals surface area contributed by atoms with E-state index >= 15 is 0 Å². The van der Waals surface area contributed by atoms with Crippen LogP contribution in [0.1, 0.15) is 26.7 Å². The average molecular weight is 365 g/mol. The fourth-order valence-corrected chi connectivity index (χ4v) is 5.04. The average Bonchev–Trinajstić information content (AvgIpc) is 2.94. The maximum atomic E-state index is 12.4. The molecule has 1 amide bonds. The quantitative estimate of drug-likeness (QED) is 0.466. The molecule has 0 aliphatic carbocycles. The Hall–Kier alpha value is -1.67. The van der Waals surface area contributed by atoms with Crippen LogP contribution >= 0.6 is 23.1 Å². The fraction of sp³-hybridized carbons (Fsp3) is 0.500. The molecule has 2 unspecified atom stereocenters. The molecule has 1 aliphatic rings. The van der Waals surface area contributed by atoms with Crippen LogP contribution in [0.25, 0.3) is 10.2 Å². The first-order valence-corrected chi connectivity index (χ1v) is 9.71. The van der Waals surface area contributed by atoms with Crippen molar-refractivity contribution in [2.45, 2.75) is 37.1 Å². The number of likely N-dealkylation sites (tertiary alicyclic amines) is 1. The predicted octanol–water partition coefficient (Wildman–Crippen LogP) is 3.94. The van der Waals surface area contributed by atoms with Crippen molar-refractivity contribution >= 4 is 44.9 Å². The number of piperidine rings is 1. The third-order valence-corrected chi connectivity index (χ3v) is 6.49. The smallest absolute Gasteiger partial charge is 0.270 e. The summed E-state index contributed by atoms with van der Waals surface area (Å²) in [7, 11) is 0. The van der Waals surface area contributed by atoms with Crippen LogP contribution in [0.3, 0.4) is 0 Å². The molecule has 0 bridgehead atoms. The van der Waals surface area contributed by atoms with E-state index in [4.69, 9.17) is 0 Å². The molecule has 0 saturated carbocycles. The third-order valence-electron chi connectivity index (χ3n) is 4.34. The van der Waals surface area contributed by atoms with E-state index in [9.17, 15) is 14.9 Å². The number of hydrogen-bond donors (Lipinski definition) is 0. The zero-order valence-electron chi connectivity index (χ0n) is 13.6. The molecule has 2 aromatic rings. The predicted molar refractivity (Wildman–Crippen MR) is 96.6 cm³/mol. The number of rotatable bonds is 4. The van der Waals surface area contributed by atoms with Crippen molar-refractivity contribution in [3.63, 3.8) is 0 Å². The van der Waals surface area contributed by atoms with Gasteiger partial charge in [0, 0.05) is 24.7 Å². The topological polar surface area (TPSA) is 76.3 Å². The number of carbonyl (C=O) groups excluding carboxylic acids is 1. The van der Waals surface area contributed by atoms with Gasteiger partial charge in [-0.2, -0.15) is 0 Å². The van der Waals surface area contributed by atoms with E-state index in [0.717, 1.165) is 33.9 Å². The van der Waals surface area contributed by atoms with E-state index in [1.54, 1.807) is 6.07 Å². The molecule has 6 nitrogen and oxygen atoms in total. The van der Waals surface area contributed by atoms with Crippen molar-refractivity contribution < 1.29 is 9.72 Å². The van der Waals surface area contributed by atoms with Crippen LogP contribution in [-0.4, -0.2) is 39.1 Å². The third kappa shape index (κ3) is 3.70. The van der Waals surface area contributed by atoms with E-state index < -0.39 is 4.92 Å². The lowest BCUT2D eigenvalue weighted by Gasteiger charge is -2.36. The van der Waals surface area contributed by atoms with Gasteiger partial charge in [-0.3, -0.25) is 14.9 Å². The Morgan fingerprint density at radius 3 is 3.00 bits per heavy atom. The molecule has 1 aromatic heterocycles. The summed E-state index contributed by atoms with van der Waals surface area (Å²) in [6.45, 7) is 5.16. The fourth-order valence-electron chi connectivity index (χ4n) is 3.05. The number of non-ortho nitro benzene ring substituents is 1. The Morgan fingerprint density at radius 1 is 1.50 bits per heavy atom. The summed E-state index contributed by atoms with van der Waals surface area (Å²) < 4.78 is 1.55. The van der Waals surface area contributed by atoms with Gasteiger partial charge in [-0.25, -0.2) is 4.98 Å². The maximum absolute atomic E-state index is 12.4. The maximum Gasteiger partial charge on any atom is 0.270 e. The lowest BCUT2D eigenvalue weighted by molar-refractivity contribution is -0.384. The monoisotopic (exact) mass is 365 g/mol. The molecule has 3 rings (SSSR count). The van der Waals surface area contributed by atoms with Crippen molar-refractivity contribution in [1.82, 2.24) is 9.88 Å². The first-order chi connectivity index (χ1) is 11.4. The largest absolute Gasteiger partial charge is 0.339 e. The Bertz CT molecular complexity index is 777. The minimum absolute atomic E-state index is 0.0648. The summed E-state index contributed by atoms with van der Waals surface area (Å²) >= 11 is 2.81. The highest BCUT2D eigenvalue weighted by atomic mass is 32.2. The summed E-state index contributed by atoms with van der Waals surface area (Å²) in [4.78, 5) is 29.3. The first-order valence-electron chi connectivity index (χ1n) is 7.91. The molecule has 0 N–H and O–H groups in total. The molecule has 0 radical (unpaired) electrons. The molecule has 1 aromatic carbocycles. The molecule has 0 spiro atoms. The Kier molecular flexibility index (Phi) is 5.05. The number of amides is 1. The summed E-state index contributed by atoms with van der Waals surface area (Å²) in [5.41, 5.74) is 0.802. The van der Waals surface area contributed by atoms with Gasteiger partial charge in [0.05, 0.1) is 20.9 Å². The minimum atomic E-state index is -0.408. The second-order valence-electron chi connectivity index (χ2n) is 6.24. The minimum Gasteiger partial charge on any atom is -0.339 e. The summed E-state index contributed by atoms with van der Waals surface area (Å²) in [6, 6.07) is 4.94. The highest BCUT2D eigenvalue weighted by Gasteiger charge is 2.26. The molecule has 1 saturated heterocycles. The summed E-state index contributed by atoms with van der Waals surface area (Å²) in [5.74, 6) is 1.18. The highest BCUT2D eigenvalue weighted by Crippen LogP contribution is 2.32. The van der Waals surface area contributed by atoms with Gasteiger partial charge in [-0.05, 0) is 31.7 Å². The molecule has 128 valence electrons. The number of fused-ring (bicyclic) bond motifs is 1. The molecule has 1 fully saturated rings. The van der Waals surface area contributed by atoms with E-state index in [0.29, 0.717) is 17.7 Å². The Morgan fingerprint density at radius 2 is 2.29 bits per heavy atom. The highest BCUT2D eigenvalue weighted by molar-refractivity contribution is 8.01. The van der Waals surface area contributed by atoms with E-state index in [2.05, 4.69) is 18.8 Å². The number of nitrogens with zero attached hydrogens (tertiary/aromatic N) is 3. The Labute approximate surface area is 148 Å². The molecular weight excluding hydrogens is 346 g/mol. The van der Waals surface area contributed by atoms with Crippen LogP contribution in [-0.2, 0) is 4.79 Å². The number of hydrogen-bond acceptors (Lipinski definition) is 6. The van der Waals surface area contributed by atoms with E-state index in [-0.39, 0.29) is 11.6 Å². The molecule has 24 heavy (non-hydrogen) atoms. The van der Waals surface area contributed by atoms with Gasteiger partial charge in [0.1, 0.15) is 0 Å². The van der Waals surface area contributed by atoms with Crippen LogP contribution in [0.15, 0.2) is 22.5 Å². The van der Waals surface area contributed by atoms with Gasteiger partial charge in [0.25, 0.3) is 5.69 Å². The zero-order chi connectivity index (χ0) is 17.3. The molecule has 2 heterocycles. The van der Waals surface area contributed by atoms with Crippen LogP contribution in [0.5, 0.6) is 0 Å². The van der Waals surface area contributed by atoms with Gasteiger partial charge in [-0.15, -0.1) is 11.3 Å². The lowest BCUT2D eigenvalue weighted by Crippen LogP contribution is -2.44. The summed E-state index contributed by atoms with van der Waals surface area (Å²) in [6.07, 6.45) is 2.12. The number of nitro benzene ring substituents is 1. The standard InChI is InChI=1S/C16H19N3O3S2/c1-10-5-6-18(11(2)7-10)15(20)9-23-16-17-13-4-3-12(19(21)22)8-14(13)24-16/h3-4,8,10-11H,5-7,9H2,1-2H3. The van der Waals surface area contributed by atoms with Crippen molar-refractivity contribution in [1.29, 1.82) is 0 Å². The number of thiazole rings is 1. The molecule has 1 aliphatic heterocycles. The van der Waals surface area contributed by atoms with Crippen molar-refractivity contribution in [2.24, 2.45) is 5.92 Å². The number of nitro groups is 1. The van der Waals surface area contributed by atoms with Crippen LogP contribution in [0, 0.1) is 16.0 Å². The lowest BCUT2D eigenvalue weighted by atomic mass is 9.93. The van der Waals surface area contributed by atoms with Crippen LogP contribution < -0.4 is 0 Å². The van der Waals surface area contributed by atoms with Gasteiger partial charge in [-0.1, -0.05) is 18.7 Å². The molecular formula is C16H19N3O3S2. The SMILES string of the molecule is CC1CCN(C(=O)CSc2nc3ccc([N+](=O)[O-])cc3s2)C(C)C1. The number of carbonyl (C=O) groups is 1. The summed E-state index contributed by atoms with van der Waals surface area (Å²) in [5, 5.41) is 10.8. The van der Waals surface area contributed by atoms with Crippen LogP contribution in [0.4, 0.5) is 5.69 Å². The second kappa shape index (κ2) is 7.06. The first kappa shape index (κ1) is 17.2. The van der Waals surface area contributed by atoms with Crippen molar-refractivity contribution in [3.05, 3.63) is 28.3 Å². The Balaban J connectivity index is 1.65. The van der Waals surface area contributed by atoms with Crippen molar-refractivity contribution in [3.8, 4) is 0 Å². The molecule has 8 heteroatoms. The van der Waals surface area contributed by atoms with Gasteiger partial charge in [0.2, 0.25) is 5.91 Å². The zero-order valence-corrected chi connectivity index (χ0v) is 15.2.